The second-order valence-corrected chi connectivity index (χ2v) is 30.8. The average Bonchev–Trinajstić information content (AvgIpc) is 3.68. The topological polar surface area (TPSA) is 237 Å². The normalized spacial score (nSPS) is 14.2. The van der Waals surface area contributed by atoms with E-state index in [4.69, 9.17) is 37.0 Å². The Kier molecular flexibility index (Phi) is 60.3. The van der Waals surface area contributed by atoms with Gasteiger partial charge in [-0.2, -0.15) is 0 Å². The molecule has 0 aromatic heterocycles. The van der Waals surface area contributed by atoms with Crippen LogP contribution in [-0.2, 0) is 65.4 Å². The van der Waals surface area contributed by atoms with Gasteiger partial charge in [-0.05, 0) is 49.4 Å². The van der Waals surface area contributed by atoms with Crippen LogP contribution in [0.15, 0.2) is 0 Å². The van der Waals surface area contributed by atoms with E-state index < -0.39 is 97.5 Å². The first-order valence-corrected chi connectivity index (χ1v) is 40.2. The van der Waals surface area contributed by atoms with Crippen molar-refractivity contribution in [1.82, 2.24) is 0 Å². The van der Waals surface area contributed by atoms with Crippen molar-refractivity contribution in [3.05, 3.63) is 0 Å². The number of carbonyl (C=O) groups is 4. The molecule has 540 valence electrons. The summed E-state index contributed by atoms with van der Waals surface area (Å²) in [5.74, 6) is 0.845. The summed E-state index contributed by atoms with van der Waals surface area (Å²) in [6.07, 6.45) is 44.6. The summed E-state index contributed by atoms with van der Waals surface area (Å²) in [7, 11) is -9.91. The molecule has 0 aliphatic heterocycles. The minimum atomic E-state index is -4.95. The molecule has 0 heterocycles. The maximum atomic E-state index is 13.0. The third-order valence-corrected chi connectivity index (χ3v) is 18.5. The zero-order chi connectivity index (χ0) is 67.5. The number of aliphatic hydroxyl groups excluding tert-OH is 1. The SMILES string of the molecule is CC(C)CCCCCCCCCCCCCCCC(=O)O[C@H](COC(=O)CCCCCCCCC(C)C)COP(=O)(O)OC[C@H](O)COP(=O)(O)OC[C@@H](COC(=O)CCCCCCCCCCCCCC(C)C)OC(=O)CCCCCCCCCCCC(C)C. The van der Waals surface area contributed by atoms with Gasteiger partial charge in [-0.25, -0.2) is 9.13 Å². The van der Waals surface area contributed by atoms with Crippen molar-refractivity contribution < 1.29 is 80.2 Å². The molecule has 5 atom stereocenters. The van der Waals surface area contributed by atoms with Gasteiger partial charge in [0, 0.05) is 25.7 Å². The van der Waals surface area contributed by atoms with Gasteiger partial charge in [-0.1, -0.05) is 306 Å². The summed E-state index contributed by atoms with van der Waals surface area (Å²) in [4.78, 5) is 72.6. The largest absolute Gasteiger partial charge is 0.472 e. The molecule has 0 aromatic rings. The molecule has 2 unspecified atom stereocenters. The lowest BCUT2D eigenvalue weighted by Gasteiger charge is -2.21. The van der Waals surface area contributed by atoms with Crippen molar-refractivity contribution in [3.8, 4) is 0 Å². The maximum Gasteiger partial charge on any atom is 0.472 e. The number of esters is 4. The van der Waals surface area contributed by atoms with E-state index >= 15 is 0 Å². The smallest absolute Gasteiger partial charge is 0.462 e. The molecule has 3 N–H and O–H groups in total. The number of hydrogen-bond donors (Lipinski definition) is 3. The van der Waals surface area contributed by atoms with E-state index in [1.54, 1.807) is 0 Å². The van der Waals surface area contributed by atoms with Crippen molar-refractivity contribution in [2.75, 3.05) is 39.6 Å². The molecule has 0 aliphatic rings. The molecular weight excluding hydrogens is 1200 g/mol. The van der Waals surface area contributed by atoms with Crippen LogP contribution >= 0.6 is 15.6 Å². The van der Waals surface area contributed by atoms with Crippen molar-refractivity contribution >= 4 is 39.5 Å². The van der Waals surface area contributed by atoms with Crippen LogP contribution in [0.3, 0.4) is 0 Å². The highest BCUT2D eigenvalue weighted by atomic mass is 31.2. The molecule has 0 aromatic carbocycles. The quantitative estimate of drug-likeness (QED) is 0.0222. The summed E-state index contributed by atoms with van der Waals surface area (Å²) >= 11 is 0. The molecule has 0 radical (unpaired) electrons. The number of unbranched alkanes of at least 4 members (excludes halogenated alkanes) is 35. The van der Waals surface area contributed by atoms with Gasteiger partial charge in [0.2, 0.25) is 0 Å². The average molecular weight is 1340 g/mol. The van der Waals surface area contributed by atoms with Gasteiger partial charge in [0.15, 0.2) is 12.2 Å². The molecule has 0 fully saturated rings. The van der Waals surface area contributed by atoms with Crippen molar-refractivity contribution in [2.45, 2.75) is 375 Å². The molecule has 0 saturated heterocycles. The number of rotatable bonds is 69. The summed E-state index contributed by atoms with van der Waals surface area (Å²) in [5, 5.41) is 10.6. The van der Waals surface area contributed by atoms with E-state index in [-0.39, 0.29) is 25.7 Å². The second-order valence-electron chi connectivity index (χ2n) is 27.9. The lowest BCUT2D eigenvalue weighted by molar-refractivity contribution is -0.161. The van der Waals surface area contributed by atoms with Crippen LogP contribution < -0.4 is 0 Å². The highest BCUT2D eigenvalue weighted by Crippen LogP contribution is 2.45. The third kappa shape index (κ3) is 66.5. The van der Waals surface area contributed by atoms with E-state index in [9.17, 15) is 43.2 Å². The van der Waals surface area contributed by atoms with Crippen molar-refractivity contribution in [2.24, 2.45) is 23.7 Å². The monoisotopic (exact) mass is 1340 g/mol. The Morgan fingerprint density at radius 1 is 0.275 bits per heavy atom. The maximum absolute atomic E-state index is 13.0. The molecular formula is C72H140O17P2. The van der Waals surface area contributed by atoms with Gasteiger partial charge in [0.05, 0.1) is 26.4 Å². The van der Waals surface area contributed by atoms with Crippen LogP contribution in [0.1, 0.15) is 357 Å². The first-order chi connectivity index (χ1) is 43.6. The Hall–Kier alpha value is -1.94. The van der Waals surface area contributed by atoms with Gasteiger partial charge in [0.1, 0.15) is 19.3 Å². The summed E-state index contributed by atoms with van der Waals surface area (Å²) < 4.78 is 68.3. The van der Waals surface area contributed by atoms with E-state index in [0.717, 1.165) is 114 Å². The van der Waals surface area contributed by atoms with Gasteiger partial charge < -0.3 is 33.8 Å². The fraction of sp³-hybridized carbons (Fsp3) is 0.944. The van der Waals surface area contributed by atoms with E-state index in [2.05, 4.69) is 55.4 Å². The van der Waals surface area contributed by atoms with Crippen molar-refractivity contribution in [3.63, 3.8) is 0 Å². The zero-order valence-electron chi connectivity index (χ0n) is 59.5. The predicted octanol–water partition coefficient (Wildman–Crippen LogP) is 20.5. The molecule has 0 amide bonds. The fourth-order valence-corrected chi connectivity index (χ4v) is 12.4. The summed E-state index contributed by atoms with van der Waals surface area (Å²) in [6.45, 7) is 14.1. The molecule has 17 nitrogen and oxygen atoms in total. The molecule has 0 bridgehead atoms. The highest BCUT2D eigenvalue weighted by molar-refractivity contribution is 7.47. The lowest BCUT2D eigenvalue weighted by Crippen LogP contribution is -2.30. The molecule has 0 aliphatic carbocycles. The van der Waals surface area contributed by atoms with Crippen LogP contribution in [0.5, 0.6) is 0 Å². The number of hydrogen-bond acceptors (Lipinski definition) is 15. The molecule has 0 saturated carbocycles. The first kappa shape index (κ1) is 89.1. The fourth-order valence-electron chi connectivity index (χ4n) is 10.8. The Morgan fingerprint density at radius 3 is 0.681 bits per heavy atom. The van der Waals surface area contributed by atoms with E-state index in [1.807, 2.05) is 0 Å². The Bertz CT molecular complexity index is 1800. The predicted molar refractivity (Wildman–Crippen MR) is 367 cm³/mol. The van der Waals surface area contributed by atoms with Crippen LogP contribution in [-0.4, -0.2) is 96.7 Å². The second kappa shape index (κ2) is 61.6. The minimum Gasteiger partial charge on any atom is -0.462 e. The summed E-state index contributed by atoms with van der Waals surface area (Å²) in [5.41, 5.74) is 0. The van der Waals surface area contributed by atoms with Gasteiger partial charge in [-0.3, -0.25) is 37.3 Å². The number of aliphatic hydroxyl groups is 1. The Morgan fingerprint density at radius 2 is 0.462 bits per heavy atom. The molecule has 19 heteroatoms. The third-order valence-electron chi connectivity index (χ3n) is 16.6. The highest BCUT2D eigenvalue weighted by Gasteiger charge is 2.30. The summed E-state index contributed by atoms with van der Waals surface area (Å²) in [6, 6.07) is 0. The Balaban J connectivity index is 5.23. The molecule has 0 spiro atoms. The zero-order valence-corrected chi connectivity index (χ0v) is 61.3. The first-order valence-electron chi connectivity index (χ1n) is 37.2. The van der Waals surface area contributed by atoms with Crippen LogP contribution in [0, 0.1) is 23.7 Å². The van der Waals surface area contributed by atoms with E-state index in [0.29, 0.717) is 31.6 Å². The van der Waals surface area contributed by atoms with Crippen LogP contribution in [0.2, 0.25) is 0 Å². The number of ether oxygens (including phenoxy) is 4. The molecule has 91 heavy (non-hydrogen) atoms. The molecule has 0 rings (SSSR count). The van der Waals surface area contributed by atoms with Crippen molar-refractivity contribution in [1.29, 1.82) is 0 Å². The van der Waals surface area contributed by atoms with Gasteiger partial charge in [-0.15, -0.1) is 0 Å². The number of carbonyl (C=O) groups excluding carboxylic acids is 4. The van der Waals surface area contributed by atoms with Crippen LogP contribution in [0.25, 0.3) is 0 Å². The van der Waals surface area contributed by atoms with Gasteiger partial charge >= 0.3 is 39.5 Å². The Labute approximate surface area is 556 Å². The number of phosphoric ester groups is 2. The number of phosphoric acid groups is 2. The van der Waals surface area contributed by atoms with Gasteiger partial charge in [0.25, 0.3) is 0 Å². The standard InChI is InChI=1S/C72H140O17P2/c1-62(2)48-40-32-24-18-13-10-9-11-15-22-28-38-46-54-71(76)89-68(59-83-70(75)53-45-37-31-30-35-43-51-65(7)8)61-87-91(80,81)85-57-66(73)56-84-90(78,79)86-60-67(88-72(77)55-47-39-29-23-17-20-26-34-42-50-64(5)6)58-82-69(74)52-44-36-27-21-16-12-14-19-25-33-41-49-63(3)4/h62-68,73H,9-61H2,1-8H3,(H,78,79)(H,80,81)/t66-,67-,68-/m1/s1. The van der Waals surface area contributed by atoms with Crippen LogP contribution in [0.4, 0.5) is 0 Å². The van der Waals surface area contributed by atoms with E-state index in [1.165, 1.54) is 154 Å². The lowest BCUT2D eigenvalue weighted by atomic mass is 10.0. The minimum absolute atomic E-state index is 0.105.